The molecule has 0 aliphatic carbocycles. The van der Waals surface area contributed by atoms with Crippen molar-refractivity contribution in [1.29, 1.82) is 0 Å². The quantitative estimate of drug-likeness (QED) is 0.561. The standard InChI is InChI=1S/C21H19ClN6O/c22-16-8-6-14(7-9-16)19-17(12-23-25-19)21(29)27-10-3-4-15(13-27)20-26-24-18-5-1-2-11-28(18)20/h1-2,5-9,11-12,15H,3-4,10,13H2,(H,23,25). The Morgan fingerprint density at radius 2 is 2.00 bits per heavy atom. The highest BCUT2D eigenvalue weighted by molar-refractivity contribution is 6.30. The van der Waals surface area contributed by atoms with Crippen LogP contribution in [0.2, 0.25) is 5.02 Å². The monoisotopic (exact) mass is 406 g/mol. The van der Waals surface area contributed by atoms with E-state index < -0.39 is 0 Å². The molecule has 1 aliphatic heterocycles. The number of halogens is 1. The van der Waals surface area contributed by atoms with E-state index in [1.807, 2.05) is 45.8 Å². The minimum Gasteiger partial charge on any atom is -0.338 e. The molecule has 0 spiro atoms. The lowest BCUT2D eigenvalue weighted by atomic mass is 9.96. The van der Waals surface area contributed by atoms with Gasteiger partial charge in [-0.2, -0.15) is 5.10 Å². The minimum absolute atomic E-state index is 0.0257. The molecule has 146 valence electrons. The number of nitrogens with one attached hydrogen (secondary N) is 1. The van der Waals surface area contributed by atoms with E-state index in [0.717, 1.165) is 36.4 Å². The summed E-state index contributed by atoms with van der Waals surface area (Å²) >= 11 is 5.99. The first-order chi connectivity index (χ1) is 14.2. The molecule has 1 unspecified atom stereocenters. The number of hydrogen-bond acceptors (Lipinski definition) is 4. The maximum Gasteiger partial charge on any atom is 0.257 e. The molecule has 29 heavy (non-hydrogen) atoms. The topological polar surface area (TPSA) is 79.2 Å². The highest BCUT2D eigenvalue weighted by Gasteiger charge is 2.30. The second kappa shape index (κ2) is 7.33. The van der Waals surface area contributed by atoms with Gasteiger partial charge in [0.15, 0.2) is 5.65 Å². The molecule has 1 aromatic carbocycles. The Balaban J connectivity index is 1.41. The highest BCUT2D eigenvalue weighted by atomic mass is 35.5. The molecule has 1 fully saturated rings. The molecule has 1 aliphatic rings. The van der Waals surface area contributed by atoms with Crippen LogP contribution in [0.25, 0.3) is 16.9 Å². The van der Waals surface area contributed by atoms with Gasteiger partial charge in [0.2, 0.25) is 0 Å². The molecule has 1 N–H and O–H groups in total. The van der Waals surface area contributed by atoms with E-state index in [-0.39, 0.29) is 11.8 Å². The molecule has 0 bridgehead atoms. The lowest BCUT2D eigenvalue weighted by Crippen LogP contribution is -2.39. The summed E-state index contributed by atoms with van der Waals surface area (Å²) in [7, 11) is 0. The molecule has 7 nitrogen and oxygen atoms in total. The van der Waals surface area contributed by atoms with E-state index in [1.165, 1.54) is 0 Å². The van der Waals surface area contributed by atoms with Gasteiger partial charge >= 0.3 is 0 Å². The van der Waals surface area contributed by atoms with Crippen LogP contribution in [-0.2, 0) is 0 Å². The van der Waals surface area contributed by atoms with Crippen LogP contribution in [0.15, 0.2) is 54.9 Å². The minimum atomic E-state index is -0.0257. The van der Waals surface area contributed by atoms with Gasteiger partial charge in [-0.25, -0.2) is 0 Å². The third-order valence-electron chi connectivity index (χ3n) is 5.42. The normalized spacial score (nSPS) is 17.0. The number of likely N-dealkylation sites (tertiary alicyclic amines) is 1. The summed E-state index contributed by atoms with van der Waals surface area (Å²) in [6.45, 7) is 1.33. The van der Waals surface area contributed by atoms with E-state index in [4.69, 9.17) is 11.6 Å². The SMILES string of the molecule is O=C(c1cn[nH]c1-c1ccc(Cl)cc1)N1CCCC(c2nnc3ccccn23)C1. The zero-order valence-corrected chi connectivity index (χ0v) is 16.4. The first-order valence-electron chi connectivity index (χ1n) is 9.59. The molecular weight excluding hydrogens is 388 g/mol. The summed E-state index contributed by atoms with van der Waals surface area (Å²) in [4.78, 5) is 15.2. The number of carbonyl (C=O) groups is 1. The molecule has 5 rings (SSSR count). The van der Waals surface area contributed by atoms with E-state index in [1.54, 1.807) is 18.3 Å². The average molecular weight is 407 g/mol. The maximum absolute atomic E-state index is 13.3. The zero-order valence-electron chi connectivity index (χ0n) is 15.6. The van der Waals surface area contributed by atoms with Crippen LogP contribution in [0.4, 0.5) is 0 Å². The lowest BCUT2D eigenvalue weighted by Gasteiger charge is -2.32. The molecule has 8 heteroatoms. The number of piperidine rings is 1. The van der Waals surface area contributed by atoms with Crippen molar-refractivity contribution < 1.29 is 4.79 Å². The maximum atomic E-state index is 13.3. The van der Waals surface area contributed by atoms with Gasteiger partial charge in [-0.05, 0) is 37.1 Å². The van der Waals surface area contributed by atoms with Crippen molar-refractivity contribution in [2.24, 2.45) is 0 Å². The Labute approximate surface area is 172 Å². The molecular formula is C21H19ClN6O. The number of carbonyl (C=O) groups excluding carboxylic acids is 1. The Hall–Kier alpha value is -3.19. The van der Waals surface area contributed by atoms with Gasteiger partial charge in [-0.1, -0.05) is 29.8 Å². The number of hydrogen-bond donors (Lipinski definition) is 1. The third kappa shape index (κ3) is 3.27. The Bertz CT molecular complexity index is 1170. The molecule has 4 aromatic rings. The van der Waals surface area contributed by atoms with Crippen molar-refractivity contribution in [3.05, 3.63) is 71.3 Å². The molecule has 1 amide bonds. The van der Waals surface area contributed by atoms with Crippen LogP contribution in [0.5, 0.6) is 0 Å². The smallest absolute Gasteiger partial charge is 0.257 e. The summed E-state index contributed by atoms with van der Waals surface area (Å²) in [6, 6.07) is 13.2. The second-order valence-electron chi connectivity index (χ2n) is 7.24. The van der Waals surface area contributed by atoms with Crippen molar-refractivity contribution in [2.75, 3.05) is 13.1 Å². The van der Waals surface area contributed by atoms with Crippen molar-refractivity contribution in [3.63, 3.8) is 0 Å². The molecule has 1 saturated heterocycles. The number of aromatic amines is 1. The van der Waals surface area contributed by atoms with Gasteiger partial charge < -0.3 is 4.90 Å². The number of amides is 1. The first kappa shape index (κ1) is 17.9. The van der Waals surface area contributed by atoms with Crippen LogP contribution in [0, 0.1) is 0 Å². The summed E-state index contributed by atoms with van der Waals surface area (Å²) in [5.41, 5.74) is 2.99. The molecule has 0 saturated carbocycles. The number of pyridine rings is 1. The molecule has 1 atom stereocenters. The third-order valence-corrected chi connectivity index (χ3v) is 5.67. The van der Waals surface area contributed by atoms with Gasteiger partial charge in [0.1, 0.15) is 5.82 Å². The molecule has 4 heterocycles. The number of aromatic nitrogens is 5. The Morgan fingerprint density at radius 1 is 1.14 bits per heavy atom. The first-order valence-corrected chi connectivity index (χ1v) is 9.97. The van der Waals surface area contributed by atoms with E-state index in [0.29, 0.717) is 22.8 Å². The van der Waals surface area contributed by atoms with Crippen molar-refractivity contribution in [2.45, 2.75) is 18.8 Å². The number of fused-ring (bicyclic) bond motifs is 1. The average Bonchev–Trinajstić information content (AvgIpc) is 3.41. The summed E-state index contributed by atoms with van der Waals surface area (Å²) in [6.07, 6.45) is 5.48. The van der Waals surface area contributed by atoms with Gasteiger partial charge in [-0.3, -0.25) is 14.3 Å². The van der Waals surface area contributed by atoms with Gasteiger partial charge in [0, 0.05) is 35.8 Å². The van der Waals surface area contributed by atoms with E-state index in [9.17, 15) is 4.79 Å². The largest absolute Gasteiger partial charge is 0.338 e. The highest BCUT2D eigenvalue weighted by Crippen LogP contribution is 2.29. The van der Waals surface area contributed by atoms with Gasteiger partial charge in [0.25, 0.3) is 5.91 Å². The molecule has 0 radical (unpaired) electrons. The van der Waals surface area contributed by atoms with Crippen LogP contribution >= 0.6 is 11.6 Å². The fourth-order valence-corrected chi connectivity index (χ4v) is 4.09. The number of benzene rings is 1. The Kier molecular flexibility index (Phi) is 4.52. The zero-order chi connectivity index (χ0) is 19.8. The predicted octanol–water partition coefficient (Wildman–Crippen LogP) is 3.79. The lowest BCUT2D eigenvalue weighted by molar-refractivity contribution is 0.0705. The van der Waals surface area contributed by atoms with Crippen molar-refractivity contribution in [1.82, 2.24) is 29.7 Å². The van der Waals surface area contributed by atoms with Crippen LogP contribution < -0.4 is 0 Å². The van der Waals surface area contributed by atoms with E-state index in [2.05, 4.69) is 20.4 Å². The summed E-state index contributed by atoms with van der Waals surface area (Å²) < 4.78 is 2.01. The number of rotatable bonds is 3. The summed E-state index contributed by atoms with van der Waals surface area (Å²) in [5.74, 6) is 1.03. The number of H-pyrrole nitrogens is 1. The predicted molar refractivity (Wildman–Crippen MR) is 110 cm³/mol. The van der Waals surface area contributed by atoms with Crippen LogP contribution in [0.1, 0.15) is 34.9 Å². The van der Waals surface area contributed by atoms with Gasteiger partial charge in [-0.15, -0.1) is 10.2 Å². The van der Waals surface area contributed by atoms with E-state index >= 15 is 0 Å². The Morgan fingerprint density at radius 3 is 2.86 bits per heavy atom. The number of nitrogens with zero attached hydrogens (tertiary/aromatic N) is 5. The summed E-state index contributed by atoms with van der Waals surface area (Å²) in [5, 5.41) is 16.4. The van der Waals surface area contributed by atoms with Crippen LogP contribution in [-0.4, -0.2) is 48.7 Å². The van der Waals surface area contributed by atoms with Gasteiger partial charge in [0.05, 0.1) is 17.5 Å². The fourth-order valence-electron chi connectivity index (χ4n) is 3.97. The van der Waals surface area contributed by atoms with Crippen molar-refractivity contribution in [3.8, 4) is 11.3 Å². The second-order valence-corrected chi connectivity index (χ2v) is 7.68. The molecule has 3 aromatic heterocycles. The van der Waals surface area contributed by atoms with Crippen LogP contribution in [0.3, 0.4) is 0 Å². The fraction of sp³-hybridized carbons (Fsp3) is 0.238. The van der Waals surface area contributed by atoms with Crippen molar-refractivity contribution >= 4 is 23.2 Å².